The Morgan fingerprint density at radius 3 is 3.05 bits per heavy atom. The van der Waals surface area contributed by atoms with E-state index < -0.39 is 0 Å². The monoisotopic (exact) mass is 283 g/mol. The van der Waals surface area contributed by atoms with E-state index >= 15 is 0 Å². The van der Waals surface area contributed by atoms with Gasteiger partial charge in [-0.2, -0.15) is 0 Å². The van der Waals surface area contributed by atoms with Gasteiger partial charge in [0.05, 0.1) is 11.1 Å². The van der Waals surface area contributed by atoms with Crippen LogP contribution in [0.1, 0.15) is 36.5 Å². The first kappa shape index (κ1) is 13.9. The Bertz CT molecular complexity index is 668. The van der Waals surface area contributed by atoms with Crippen molar-refractivity contribution in [2.24, 2.45) is 5.92 Å². The largest absolute Gasteiger partial charge is 0.384 e. The molecule has 1 aromatic heterocycles. The van der Waals surface area contributed by atoms with Crippen LogP contribution in [0.15, 0.2) is 30.3 Å². The first-order valence-electron chi connectivity index (χ1n) is 7.63. The molecule has 1 aliphatic heterocycles. The van der Waals surface area contributed by atoms with Crippen molar-refractivity contribution in [3.05, 3.63) is 35.9 Å². The molecular formula is C17H21N3O. The van der Waals surface area contributed by atoms with Crippen LogP contribution in [-0.4, -0.2) is 28.9 Å². The molecule has 0 spiro atoms. The molecule has 2 aromatic rings. The highest BCUT2D eigenvalue weighted by atomic mass is 16.2. The van der Waals surface area contributed by atoms with E-state index in [1.54, 1.807) is 6.07 Å². The lowest BCUT2D eigenvalue weighted by atomic mass is 9.95. The van der Waals surface area contributed by atoms with Crippen LogP contribution >= 0.6 is 0 Å². The van der Waals surface area contributed by atoms with Gasteiger partial charge in [-0.15, -0.1) is 0 Å². The summed E-state index contributed by atoms with van der Waals surface area (Å²) in [7, 11) is 0. The van der Waals surface area contributed by atoms with Gasteiger partial charge in [0.25, 0.3) is 5.91 Å². The number of nitrogens with zero attached hydrogens (tertiary/aromatic N) is 2. The van der Waals surface area contributed by atoms with Gasteiger partial charge in [0.1, 0.15) is 5.82 Å². The summed E-state index contributed by atoms with van der Waals surface area (Å²) in [4.78, 5) is 19.1. The Labute approximate surface area is 125 Å². The van der Waals surface area contributed by atoms with Crippen molar-refractivity contribution in [2.75, 3.05) is 18.8 Å². The number of likely N-dealkylation sites (tertiary alicyclic amines) is 1. The van der Waals surface area contributed by atoms with Crippen LogP contribution in [0.3, 0.4) is 0 Å². The first-order valence-corrected chi connectivity index (χ1v) is 7.63. The van der Waals surface area contributed by atoms with Gasteiger partial charge in [0.15, 0.2) is 0 Å². The highest BCUT2D eigenvalue weighted by molar-refractivity contribution is 6.06. The lowest BCUT2D eigenvalue weighted by Crippen LogP contribution is -2.39. The van der Waals surface area contributed by atoms with Gasteiger partial charge >= 0.3 is 0 Å². The van der Waals surface area contributed by atoms with Crippen LogP contribution in [0.4, 0.5) is 5.82 Å². The lowest BCUT2D eigenvalue weighted by Gasteiger charge is -2.32. The summed E-state index contributed by atoms with van der Waals surface area (Å²) in [5.41, 5.74) is 7.32. The molecule has 110 valence electrons. The summed E-state index contributed by atoms with van der Waals surface area (Å²) in [6.45, 7) is 3.89. The van der Waals surface area contributed by atoms with E-state index in [2.05, 4.69) is 11.9 Å². The Kier molecular flexibility index (Phi) is 3.78. The molecule has 3 rings (SSSR count). The summed E-state index contributed by atoms with van der Waals surface area (Å²) in [6, 6.07) is 9.39. The zero-order chi connectivity index (χ0) is 14.8. The molecule has 1 atom stereocenters. The molecule has 4 nitrogen and oxygen atoms in total. The first-order chi connectivity index (χ1) is 10.2. The van der Waals surface area contributed by atoms with E-state index in [1.165, 1.54) is 6.42 Å². The molecule has 1 fully saturated rings. The molecule has 0 radical (unpaired) electrons. The molecule has 1 amide bonds. The second-order valence-electron chi connectivity index (χ2n) is 5.78. The van der Waals surface area contributed by atoms with Gasteiger partial charge in [-0.3, -0.25) is 4.79 Å². The topological polar surface area (TPSA) is 59.2 Å². The summed E-state index contributed by atoms with van der Waals surface area (Å²) in [6.07, 6.45) is 3.44. The predicted octanol–water partition coefficient (Wildman–Crippen LogP) is 3.08. The maximum atomic E-state index is 12.9. The van der Waals surface area contributed by atoms with E-state index in [-0.39, 0.29) is 5.91 Å². The zero-order valence-electron chi connectivity index (χ0n) is 12.4. The number of fused-ring (bicyclic) bond motifs is 1. The normalized spacial score (nSPS) is 18.9. The fourth-order valence-corrected chi connectivity index (χ4v) is 3.13. The molecule has 1 saturated heterocycles. The number of para-hydroxylation sites is 1. The van der Waals surface area contributed by atoms with Crippen molar-refractivity contribution < 1.29 is 4.79 Å². The molecule has 0 aliphatic carbocycles. The van der Waals surface area contributed by atoms with Crippen LogP contribution in [0.2, 0.25) is 0 Å². The summed E-state index contributed by atoms with van der Waals surface area (Å²) < 4.78 is 0. The number of nitrogens with two attached hydrogens (primary N) is 1. The van der Waals surface area contributed by atoms with Gasteiger partial charge in [0.2, 0.25) is 0 Å². The molecule has 21 heavy (non-hydrogen) atoms. The minimum absolute atomic E-state index is 0.0819. The van der Waals surface area contributed by atoms with Crippen LogP contribution in [0, 0.1) is 5.92 Å². The number of pyridine rings is 1. The van der Waals surface area contributed by atoms with E-state index in [0.717, 1.165) is 36.8 Å². The highest BCUT2D eigenvalue weighted by Gasteiger charge is 2.24. The molecule has 0 bridgehead atoms. The number of piperidine rings is 1. The van der Waals surface area contributed by atoms with Crippen molar-refractivity contribution in [3.8, 4) is 0 Å². The van der Waals surface area contributed by atoms with Crippen molar-refractivity contribution in [3.63, 3.8) is 0 Å². The summed E-state index contributed by atoms with van der Waals surface area (Å²) >= 11 is 0. The summed E-state index contributed by atoms with van der Waals surface area (Å²) in [5, 5.41) is 0.885. The third-order valence-electron chi connectivity index (χ3n) is 4.35. The maximum Gasteiger partial charge on any atom is 0.254 e. The van der Waals surface area contributed by atoms with Crippen LogP contribution in [0.5, 0.6) is 0 Å². The van der Waals surface area contributed by atoms with Gasteiger partial charge in [-0.25, -0.2) is 4.98 Å². The molecule has 1 aliphatic rings. The maximum absolute atomic E-state index is 12.9. The number of anilines is 1. The fourth-order valence-electron chi connectivity index (χ4n) is 3.13. The molecule has 1 aromatic carbocycles. The second-order valence-corrected chi connectivity index (χ2v) is 5.78. The second kappa shape index (κ2) is 5.72. The number of hydrogen-bond acceptors (Lipinski definition) is 3. The quantitative estimate of drug-likeness (QED) is 0.921. The zero-order valence-corrected chi connectivity index (χ0v) is 12.4. The Morgan fingerprint density at radius 2 is 2.24 bits per heavy atom. The van der Waals surface area contributed by atoms with Gasteiger partial charge in [0, 0.05) is 18.5 Å². The molecule has 2 heterocycles. The van der Waals surface area contributed by atoms with Crippen molar-refractivity contribution >= 4 is 22.6 Å². The average molecular weight is 283 g/mol. The van der Waals surface area contributed by atoms with E-state index in [4.69, 9.17) is 5.73 Å². The van der Waals surface area contributed by atoms with Crippen molar-refractivity contribution in [1.29, 1.82) is 0 Å². The lowest BCUT2D eigenvalue weighted by molar-refractivity contribution is 0.0673. The van der Waals surface area contributed by atoms with E-state index in [1.807, 2.05) is 29.2 Å². The number of carbonyl (C=O) groups excluding carboxylic acids is 1. The third-order valence-corrected chi connectivity index (χ3v) is 4.35. The number of aromatic nitrogens is 1. The number of carbonyl (C=O) groups is 1. The number of hydrogen-bond donors (Lipinski definition) is 1. The van der Waals surface area contributed by atoms with Crippen LogP contribution in [0.25, 0.3) is 10.9 Å². The fraction of sp³-hybridized carbons (Fsp3) is 0.412. The van der Waals surface area contributed by atoms with Gasteiger partial charge in [-0.05, 0) is 30.9 Å². The van der Waals surface area contributed by atoms with Crippen LogP contribution < -0.4 is 5.73 Å². The number of benzene rings is 1. The Hall–Kier alpha value is -2.10. The molecular weight excluding hydrogens is 262 g/mol. The molecule has 0 saturated carbocycles. The standard InChI is InChI=1S/C17H21N3O/c1-2-12-6-5-9-20(11-12)17(21)14-10-16(18)19-15-8-4-3-7-13(14)15/h3-4,7-8,10,12H,2,5-6,9,11H2,1H3,(H2,18,19). The number of nitrogen functional groups attached to an aromatic ring is 1. The summed E-state index contributed by atoms with van der Waals surface area (Å²) in [5.74, 6) is 1.10. The highest BCUT2D eigenvalue weighted by Crippen LogP contribution is 2.25. The van der Waals surface area contributed by atoms with Gasteiger partial charge in [-0.1, -0.05) is 31.5 Å². The minimum atomic E-state index is 0.0819. The van der Waals surface area contributed by atoms with E-state index in [9.17, 15) is 4.79 Å². The van der Waals surface area contributed by atoms with Crippen molar-refractivity contribution in [2.45, 2.75) is 26.2 Å². The van der Waals surface area contributed by atoms with E-state index in [0.29, 0.717) is 17.3 Å². The predicted molar refractivity (Wildman–Crippen MR) is 85.1 cm³/mol. The molecule has 1 unspecified atom stereocenters. The van der Waals surface area contributed by atoms with Crippen molar-refractivity contribution in [1.82, 2.24) is 9.88 Å². The molecule has 4 heteroatoms. The Balaban J connectivity index is 1.97. The molecule has 2 N–H and O–H groups in total. The number of rotatable bonds is 2. The smallest absolute Gasteiger partial charge is 0.254 e. The third kappa shape index (κ3) is 2.71. The average Bonchev–Trinajstić information content (AvgIpc) is 2.53. The Morgan fingerprint density at radius 1 is 1.43 bits per heavy atom. The van der Waals surface area contributed by atoms with Crippen LogP contribution in [-0.2, 0) is 0 Å². The SMILES string of the molecule is CCC1CCCN(C(=O)c2cc(N)nc3ccccc23)C1. The van der Waals surface area contributed by atoms with Gasteiger partial charge < -0.3 is 10.6 Å². The minimum Gasteiger partial charge on any atom is -0.384 e. The number of amides is 1.